The molecule has 0 saturated carbocycles. The third kappa shape index (κ3) is 3.71. The van der Waals surface area contributed by atoms with E-state index in [0.29, 0.717) is 18.9 Å². The van der Waals surface area contributed by atoms with Gasteiger partial charge in [0.1, 0.15) is 23.8 Å². The number of hydrogen-bond acceptors (Lipinski definition) is 5. The van der Waals surface area contributed by atoms with E-state index in [1.807, 2.05) is 13.0 Å². The number of aromatic nitrogens is 4. The highest BCUT2D eigenvalue weighted by Crippen LogP contribution is 2.21. The van der Waals surface area contributed by atoms with Crippen molar-refractivity contribution in [2.75, 3.05) is 23.3 Å². The highest BCUT2D eigenvalue weighted by molar-refractivity contribution is 5.89. The lowest BCUT2D eigenvalue weighted by atomic mass is 10.1. The van der Waals surface area contributed by atoms with Gasteiger partial charge in [-0.25, -0.2) is 18.6 Å². The minimum Gasteiger partial charge on any atom is -0.356 e. The van der Waals surface area contributed by atoms with Gasteiger partial charge in [-0.05, 0) is 31.9 Å². The Bertz CT molecular complexity index is 1010. The molecule has 4 rings (SSSR count). The number of carbonyl (C=O) groups is 1. The van der Waals surface area contributed by atoms with Crippen molar-refractivity contribution in [3.8, 4) is 0 Å². The smallest absolute Gasteiger partial charge is 0.319 e. The number of nitrogens with one attached hydrogen (secondary N) is 2. The van der Waals surface area contributed by atoms with Gasteiger partial charge in [-0.15, -0.1) is 0 Å². The van der Waals surface area contributed by atoms with Gasteiger partial charge in [0.25, 0.3) is 5.78 Å². The van der Waals surface area contributed by atoms with Gasteiger partial charge in [0.05, 0.1) is 5.69 Å². The van der Waals surface area contributed by atoms with Crippen molar-refractivity contribution in [3.05, 3.63) is 47.9 Å². The van der Waals surface area contributed by atoms with E-state index in [1.165, 1.54) is 12.4 Å². The molecule has 0 radical (unpaired) electrons. The van der Waals surface area contributed by atoms with E-state index in [2.05, 4.69) is 30.6 Å². The molecule has 0 unspecified atom stereocenters. The number of piperidine rings is 1. The first-order chi connectivity index (χ1) is 13.5. The number of nitrogens with zero attached hydrogens (tertiary/aromatic N) is 5. The first-order valence-corrected chi connectivity index (χ1v) is 8.94. The molecular formula is C18H19F2N7O. The predicted octanol–water partition coefficient (Wildman–Crippen LogP) is 2.50. The second kappa shape index (κ2) is 7.37. The van der Waals surface area contributed by atoms with Crippen LogP contribution in [0.5, 0.6) is 0 Å². The summed E-state index contributed by atoms with van der Waals surface area (Å²) in [5, 5.41) is 9.48. The summed E-state index contributed by atoms with van der Waals surface area (Å²) >= 11 is 0. The Balaban J connectivity index is 1.36. The van der Waals surface area contributed by atoms with Gasteiger partial charge in [0.2, 0.25) is 0 Å². The maximum atomic E-state index is 13.7. The van der Waals surface area contributed by atoms with E-state index < -0.39 is 17.7 Å². The standard InChI is InChI=1S/C18H19F2N7O/c1-11-8-16(27-17(23-11)21-10-22-27)26-6-4-13(5-7-26)24-18(28)25-15-3-2-12(19)9-14(15)20/h2-3,8-10,13H,4-7H2,1H3,(H2,24,25,28). The number of carbonyl (C=O) groups excluding carboxylic acids is 1. The van der Waals surface area contributed by atoms with Crippen molar-refractivity contribution < 1.29 is 13.6 Å². The summed E-state index contributed by atoms with van der Waals surface area (Å²) in [7, 11) is 0. The highest BCUT2D eigenvalue weighted by atomic mass is 19.1. The molecule has 10 heteroatoms. The van der Waals surface area contributed by atoms with Crippen molar-refractivity contribution in [1.82, 2.24) is 24.9 Å². The van der Waals surface area contributed by atoms with Crippen molar-refractivity contribution in [2.45, 2.75) is 25.8 Å². The van der Waals surface area contributed by atoms with Crippen LogP contribution in [-0.2, 0) is 0 Å². The number of urea groups is 1. The Kier molecular flexibility index (Phi) is 4.76. The Morgan fingerprint density at radius 1 is 1.21 bits per heavy atom. The number of rotatable bonds is 3. The zero-order valence-electron chi connectivity index (χ0n) is 15.2. The second-order valence-electron chi connectivity index (χ2n) is 6.71. The van der Waals surface area contributed by atoms with Crippen LogP contribution in [0.1, 0.15) is 18.5 Å². The lowest BCUT2D eigenvalue weighted by molar-refractivity contribution is 0.246. The summed E-state index contributed by atoms with van der Waals surface area (Å²) in [6.07, 6.45) is 2.91. The molecule has 1 fully saturated rings. The first kappa shape index (κ1) is 18.1. The van der Waals surface area contributed by atoms with Crippen LogP contribution in [0.3, 0.4) is 0 Å². The molecule has 8 nitrogen and oxygen atoms in total. The van der Waals surface area contributed by atoms with Gasteiger partial charge < -0.3 is 15.5 Å². The molecule has 3 aromatic rings. The Labute approximate surface area is 159 Å². The zero-order chi connectivity index (χ0) is 19.7. The SMILES string of the molecule is Cc1cc(N2CCC(NC(=O)Nc3ccc(F)cc3F)CC2)n2ncnc2n1. The molecule has 1 aromatic carbocycles. The average molecular weight is 387 g/mol. The molecule has 28 heavy (non-hydrogen) atoms. The van der Waals surface area contributed by atoms with Crippen molar-refractivity contribution in [2.24, 2.45) is 0 Å². The summed E-state index contributed by atoms with van der Waals surface area (Å²) in [6.45, 7) is 3.34. The molecule has 0 aliphatic carbocycles. The predicted molar refractivity (Wildman–Crippen MR) is 99.3 cm³/mol. The van der Waals surface area contributed by atoms with Crippen LogP contribution in [0.25, 0.3) is 5.78 Å². The number of anilines is 2. The molecule has 2 amide bonds. The van der Waals surface area contributed by atoms with E-state index in [-0.39, 0.29) is 11.7 Å². The van der Waals surface area contributed by atoms with Crippen LogP contribution in [-0.4, -0.2) is 44.7 Å². The molecule has 146 valence electrons. The lowest BCUT2D eigenvalue weighted by Gasteiger charge is -2.33. The monoisotopic (exact) mass is 387 g/mol. The molecule has 3 heterocycles. The van der Waals surface area contributed by atoms with Crippen molar-refractivity contribution in [1.29, 1.82) is 0 Å². The van der Waals surface area contributed by atoms with Crippen LogP contribution in [0.15, 0.2) is 30.6 Å². The molecule has 0 bridgehead atoms. The quantitative estimate of drug-likeness (QED) is 0.721. The first-order valence-electron chi connectivity index (χ1n) is 8.94. The summed E-state index contributed by atoms with van der Waals surface area (Å²) in [5.74, 6) is -0.0363. The van der Waals surface area contributed by atoms with Gasteiger partial charge >= 0.3 is 6.03 Å². The molecule has 1 saturated heterocycles. The normalized spacial score (nSPS) is 15.0. The fourth-order valence-corrected chi connectivity index (χ4v) is 3.32. The third-order valence-electron chi connectivity index (χ3n) is 4.69. The fourth-order valence-electron chi connectivity index (χ4n) is 3.32. The molecule has 0 spiro atoms. The number of fused-ring (bicyclic) bond motifs is 1. The van der Waals surface area contributed by atoms with Gasteiger partial charge in [-0.2, -0.15) is 14.6 Å². The van der Waals surface area contributed by atoms with Gasteiger partial charge in [0, 0.05) is 37.0 Å². The van der Waals surface area contributed by atoms with Crippen molar-refractivity contribution in [3.63, 3.8) is 0 Å². The minimum atomic E-state index is -0.810. The fraction of sp³-hybridized carbons (Fsp3) is 0.333. The Hall–Kier alpha value is -3.30. The van der Waals surface area contributed by atoms with Crippen LogP contribution in [0.2, 0.25) is 0 Å². The number of hydrogen-bond donors (Lipinski definition) is 2. The van der Waals surface area contributed by atoms with Gasteiger partial charge in [0.15, 0.2) is 0 Å². The largest absolute Gasteiger partial charge is 0.356 e. The maximum absolute atomic E-state index is 13.7. The molecule has 1 aliphatic heterocycles. The van der Waals surface area contributed by atoms with Crippen molar-refractivity contribution >= 4 is 23.3 Å². The topological polar surface area (TPSA) is 87.5 Å². The molecular weight excluding hydrogens is 368 g/mol. The minimum absolute atomic E-state index is 0.0473. The zero-order valence-corrected chi connectivity index (χ0v) is 15.2. The summed E-state index contributed by atoms with van der Waals surface area (Å²) in [4.78, 5) is 22.8. The van der Waals surface area contributed by atoms with E-state index >= 15 is 0 Å². The van der Waals surface area contributed by atoms with Gasteiger partial charge in [-0.3, -0.25) is 0 Å². The molecule has 0 atom stereocenters. The van der Waals surface area contributed by atoms with Crippen LogP contribution >= 0.6 is 0 Å². The summed E-state index contributed by atoms with van der Waals surface area (Å²) in [6, 6.07) is 4.42. The molecule has 2 N–H and O–H groups in total. The third-order valence-corrected chi connectivity index (χ3v) is 4.69. The Morgan fingerprint density at radius 2 is 2.00 bits per heavy atom. The number of amides is 2. The van der Waals surface area contributed by atoms with Crippen LogP contribution < -0.4 is 15.5 Å². The summed E-state index contributed by atoms with van der Waals surface area (Å²) in [5.41, 5.74) is 0.800. The maximum Gasteiger partial charge on any atom is 0.319 e. The second-order valence-corrected chi connectivity index (χ2v) is 6.71. The summed E-state index contributed by atoms with van der Waals surface area (Å²) < 4.78 is 28.3. The highest BCUT2D eigenvalue weighted by Gasteiger charge is 2.23. The van der Waals surface area contributed by atoms with Crippen LogP contribution in [0, 0.1) is 18.6 Å². The molecule has 2 aromatic heterocycles. The Morgan fingerprint density at radius 3 is 2.75 bits per heavy atom. The van der Waals surface area contributed by atoms with Gasteiger partial charge in [-0.1, -0.05) is 0 Å². The van der Waals surface area contributed by atoms with Crippen LogP contribution in [0.4, 0.5) is 25.1 Å². The number of aryl methyl sites for hydroxylation is 1. The number of benzene rings is 1. The van der Waals surface area contributed by atoms with E-state index in [1.54, 1.807) is 4.52 Å². The average Bonchev–Trinajstić information content (AvgIpc) is 3.12. The van der Waals surface area contributed by atoms with E-state index in [4.69, 9.17) is 0 Å². The van der Waals surface area contributed by atoms with E-state index in [9.17, 15) is 13.6 Å². The number of halogens is 2. The molecule has 1 aliphatic rings. The lowest BCUT2D eigenvalue weighted by Crippen LogP contribution is -2.46. The van der Waals surface area contributed by atoms with E-state index in [0.717, 1.165) is 36.5 Å².